The van der Waals surface area contributed by atoms with E-state index in [0.717, 1.165) is 22.4 Å². The minimum atomic E-state index is -3.56. The van der Waals surface area contributed by atoms with Gasteiger partial charge in [0.05, 0.1) is 0 Å². The maximum atomic E-state index is 12.2. The molecule has 0 amide bonds. The predicted molar refractivity (Wildman–Crippen MR) is 77.8 cm³/mol. The van der Waals surface area contributed by atoms with Crippen molar-refractivity contribution in [2.75, 3.05) is 31.7 Å². The van der Waals surface area contributed by atoms with Crippen molar-refractivity contribution in [3.8, 4) is 0 Å². The van der Waals surface area contributed by atoms with Gasteiger partial charge in [0.25, 0.3) is 0 Å². The Kier molecular flexibility index (Phi) is 3.76. The molecule has 0 atom stereocenters. The molecule has 6 nitrogen and oxygen atoms in total. The molecule has 2 rings (SSSR count). The summed E-state index contributed by atoms with van der Waals surface area (Å²) in [5.41, 5.74) is 5.97. The average molecular weight is 304 g/mol. The van der Waals surface area contributed by atoms with Crippen molar-refractivity contribution < 1.29 is 8.42 Å². The first kappa shape index (κ1) is 14.5. The highest BCUT2D eigenvalue weighted by molar-refractivity contribution is 7.89. The third kappa shape index (κ3) is 2.70. The summed E-state index contributed by atoms with van der Waals surface area (Å²) in [6.07, 6.45) is 3.58. The topological polar surface area (TPSA) is 88.3 Å². The molecule has 0 bridgehead atoms. The number of nitrogens with zero attached hydrogens (tertiary/aromatic N) is 2. The van der Waals surface area contributed by atoms with Crippen LogP contribution in [0.15, 0.2) is 4.90 Å². The van der Waals surface area contributed by atoms with Gasteiger partial charge in [0.2, 0.25) is 10.0 Å². The normalized spacial score (nSPS) is 18.3. The summed E-state index contributed by atoms with van der Waals surface area (Å²) >= 11 is 1.10. The van der Waals surface area contributed by atoms with Crippen molar-refractivity contribution in [3.05, 3.63) is 0 Å². The molecule has 1 aromatic heterocycles. The molecule has 0 saturated heterocycles. The van der Waals surface area contributed by atoms with Crippen LogP contribution >= 0.6 is 11.5 Å². The zero-order valence-corrected chi connectivity index (χ0v) is 13.1. The van der Waals surface area contributed by atoms with E-state index >= 15 is 0 Å². The lowest BCUT2D eigenvalue weighted by Crippen LogP contribution is -2.33. The third-order valence-electron chi connectivity index (χ3n) is 3.65. The molecule has 0 spiro atoms. The zero-order valence-electron chi connectivity index (χ0n) is 11.4. The number of nitrogen functional groups attached to an aromatic ring is 1. The van der Waals surface area contributed by atoms with Gasteiger partial charge in [-0.25, -0.2) is 12.7 Å². The summed E-state index contributed by atoms with van der Waals surface area (Å²) in [6, 6.07) is 0. The SMILES string of the molecule is CN(C)S(=O)(=O)c1c(N)nsc1NCC1(C)CCC1. The molecule has 1 saturated carbocycles. The first-order valence-electron chi connectivity index (χ1n) is 6.18. The van der Waals surface area contributed by atoms with Crippen LogP contribution in [0.25, 0.3) is 0 Å². The molecule has 1 aliphatic rings. The Morgan fingerprint density at radius 1 is 1.47 bits per heavy atom. The molecule has 1 fully saturated rings. The Hall–Kier alpha value is -0.860. The van der Waals surface area contributed by atoms with Crippen molar-refractivity contribution in [1.82, 2.24) is 8.68 Å². The van der Waals surface area contributed by atoms with Crippen molar-refractivity contribution in [2.24, 2.45) is 5.41 Å². The van der Waals surface area contributed by atoms with Gasteiger partial charge >= 0.3 is 0 Å². The number of hydrogen-bond donors (Lipinski definition) is 2. The van der Waals surface area contributed by atoms with E-state index in [-0.39, 0.29) is 16.1 Å². The van der Waals surface area contributed by atoms with Crippen molar-refractivity contribution >= 4 is 32.4 Å². The van der Waals surface area contributed by atoms with Crippen LogP contribution in [-0.4, -0.2) is 37.7 Å². The van der Waals surface area contributed by atoms with Crippen molar-refractivity contribution in [3.63, 3.8) is 0 Å². The lowest BCUT2D eigenvalue weighted by molar-refractivity contribution is 0.180. The summed E-state index contributed by atoms with van der Waals surface area (Å²) < 4.78 is 29.5. The first-order valence-corrected chi connectivity index (χ1v) is 8.39. The average Bonchev–Trinajstić information content (AvgIpc) is 2.65. The van der Waals surface area contributed by atoms with Crippen LogP contribution in [0.2, 0.25) is 0 Å². The summed E-state index contributed by atoms with van der Waals surface area (Å²) in [6.45, 7) is 2.96. The smallest absolute Gasteiger partial charge is 0.249 e. The summed E-state index contributed by atoms with van der Waals surface area (Å²) in [7, 11) is -0.578. The van der Waals surface area contributed by atoms with Gasteiger partial charge < -0.3 is 11.1 Å². The Bertz CT molecular complexity index is 561. The standard InChI is InChI=1S/C11H20N4O2S2/c1-11(5-4-6-11)7-13-10-8(9(12)14-18-10)19(16,17)15(2)3/h13H,4-7H2,1-3H3,(H2,12,14). The Morgan fingerprint density at radius 2 is 2.11 bits per heavy atom. The monoisotopic (exact) mass is 304 g/mol. The molecule has 0 radical (unpaired) electrons. The number of sulfonamides is 1. The Labute approximate surface area is 118 Å². The fourth-order valence-electron chi connectivity index (χ4n) is 2.09. The number of rotatable bonds is 5. The zero-order chi connectivity index (χ0) is 14.3. The van der Waals surface area contributed by atoms with E-state index in [1.165, 1.54) is 33.4 Å². The highest BCUT2D eigenvalue weighted by Crippen LogP contribution is 2.41. The van der Waals surface area contributed by atoms with E-state index in [2.05, 4.69) is 16.6 Å². The lowest BCUT2D eigenvalue weighted by atomic mass is 9.70. The van der Waals surface area contributed by atoms with Gasteiger partial charge in [-0.2, -0.15) is 4.37 Å². The highest BCUT2D eigenvalue weighted by Gasteiger charge is 2.33. The second-order valence-corrected chi connectivity index (χ2v) is 8.39. The van der Waals surface area contributed by atoms with E-state index in [4.69, 9.17) is 5.73 Å². The second kappa shape index (κ2) is 4.92. The van der Waals surface area contributed by atoms with E-state index in [0.29, 0.717) is 5.00 Å². The van der Waals surface area contributed by atoms with Gasteiger partial charge in [0.15, 0.2) is 10.7 Å². The molecular weight excluding hydrogens is 284 g/mol. The van der Waals surface area contributed by atoms with Crippen LogP contribution in [0.4, 0.5) is 10.8 Å². The fraction of sp³-hybridized carbons (Fsp3) is 0.727. The number of nitrogens with two attached hydrogens (primary N) is 1. The van der Waals surface area contributed by atoms with Crippen LogP contribution in [-0.2, 0) is 10.0 Å². The van der Waals surface area contributed by atoms with Crippen molar-refractivity contribution in [1.29, 1.82) is 0 Å². The third-order valence-corrected chi connectivity index (χ3v) is 6.49. The molecule has 108 valence electrons. The van der Waals surface area contributed by atoms with Gasteiger partial charge in [-0.1, -0.05) is 13.3 Å². The predicted octanol–water partition coefficient (Wildman–Crippen LogP) is 1.58. The Balaban J connectivity index is 2.23. The maximum absolute atomic E-state index is 12.2. The fourth-order valence-corrected chi connectivity index (χ4v) is 4.16. The van der Waals surface area contributed by atoms with Crippen LogP contribution in [0.5, 0.6) is 0 Å². The second-order valence-electron chi connectivity index (χ2n) is 5.53. The molecule has 8 heteroatoms. The summed E-state index contributed by atoms with van der Waals surface area (Å²) in [4.78, 5) is 0.102. The Morgan fingerprint density at radius 3 is 2.58 bits per heavy atom. The minimum Gasteiger partial charge on any atom is -0.382 e. The summed E-state index contributed by atoms with van der Waals surface area (Å²) in [5.74, 6) is 0.0694. The van der Waals surface area contributed by atoms with E-state index < -0.39 is 10.0 Å². The van der Waals surface area contributed by atoms with Gasteiger partial charge in [-0.3, -0.25) is 0 Å². The lowest BCUT2D eigenvalue weighted by Gasteiger charge is -2.38. The molecule has 0 aromatic carbocycles. The molecular formula is C11H20N4O2S2. The number of aromatic nitrogens is 1. The largest absolute Gasteiger partial charge is 0.382 e. The molecule has 1 aromatic rings. The molecule has 3 N–H and O–H groups in total. The van der Waals surface area contributed by atoms with E-state index in [9.17, 15) is 8.42 Å². The highest BCUT2D eigenvalue weighted by atomic mass is 32.2. The first-order chi connectivity index (χ1) is 8.76. The molecule has 19 heavy (non-hydrogen) atoms. The molecule has 0 aliphatic heterocycles. The maximum Gasteiger partial charge on any atom is 0.249 e. The minimum absolute atomic E-state index is 0.0694. The van der Waals surface area contributed by atoms with Gasteiger partial charge in [0, 0.05) is 20.6 Å². The molecule has 1 heterocycles. The van der Waals surface area contributed by atoms with Gasteiger partial charge in [0.1, 0.15) is 5.00 Å². The van der Waals surface area contributed by atoms with Crippen molar-refractivity contribution in [2.45, 2.75) is 31.1 Å². The number of nitrogens with one attached hydrogen (secondary N) is 1. The van der Waals surface area contributed by atoms with Crippen LogP contribution in [0, 0.1) is 5.41 Å². The van der Waals surface area contributed by atoms with Crippen LogP contribution in [0.3, 0.4) is 0 Å². The number of anilines is 2. The quantitative estimate of drug-likeness (QED) is 0.862. The number of hydrogen-bond acceptors (Lipinski definition) is 6. The molecule has 0 unspecified atom stereocenters. The summed E-state index contributed by atoms with van der Waals surface area (Å²) in [5, 5.41) is 3.75. The van der Waals surface area contributed by atoms with Crippen LogP contribution < -0.4 is 11.1 Å². The van der Waals surface area contributed by atoms with E-state index in [1.807, 2.05) is 0 Å². The van der Waals surface area contributed by atoms with E-state index in [1.54, 1.807) is 0 Å². The van der Waals surface area contributed by atoms with Gasteiger partial charge in [-0.05, 0) is 29.8 Å². The molecule has 1 aliphatic carbocycles. The van der Waals surface area contributed by atoms with Crippen LogP contribution in [0.1, 0.15) is 26.2 Å². The van der Waals surface area contributed by atoms with Gasteiger partial charge in [-0.15, -0.1) is 0 Å².